The number of aromatic nitrogens is 1. The predicted octanol–water partition coefficient (Wildman–Crippen LogP) is 2.30. The average molecular weight is 305 g/mol. The Bertz CT molecular complexity index is 680. The maximum Gasteiger partial charge on any atom is 0.240 e. The fraction of sp³-hybridized carbons (Fsp3) is 0.267. The van der Waals surface area contributed by atoms with Crippen LogP contribution >= 0.6 is 0 Å². The zero-order chi connectivity index (χ0) is 15.3. The van der Waals surface area contributed by atoms with E-state index < -0.39 is 10.0 Å². The molecule has 2 N–H and O–H groups in total. The zero-order valence-electron chi connectivity index (χ0n) is 12.1. The minimum absolute atomic E-state index is 0.270. The van der Waals surface area contributed by atoms with Gasteiger partial charge < -0.3 is 5.32 Å². The molecule has 0 saturated carbocycles. The van der Waals surface area contributed by atoms with Gasteiger partial charge in [-0.15, -0.1) is 0 Å². The van der Waals surface area contributed by atoms with Crippen LogP contribution in [0.1, 0.15) is 18.2 Å². The van der Waals surface area contributed by atoms with Crippen molar-refractivity contribution in [3.63, 3.8) is 0 Å². The van der Waals surface area contributed by atoms with Crippen molar-refractivity contribution in [1.82, 2.24) is 9.71 Å². The van der Waals surface area contributed by atoms with Gasteiger partial charge in [0.25, 0.3) is 0 Å². The van der Waals surface area contributed by atoms with Crippen molar-refractivity contribution in [2.45, 2.75) is 25.3 Å². The molecule has 0 aliphatic heterocycles. The Morgan fingerprint density at radius 3 is 2.38 bits per heavy atom. The summed E-state index contributed by atoms with van der Waals surface area (Å²) >= 11 is 0. The summed E-state index contributed by atoms with van der Waals surface area (Å²) in [5.41, 5.74) is 2.92. The number of aryl methyl sites for hydroxylation is 1. The number of pyridine rings is 1. The zero-order valence-corrected chi connectivity index (χ0v) is 12.9. The topological polar surface area (TPSA) is 71.1 Å². The van der Waals surface area contributed by atoms with Gasteiger partial charge in [-0.05, 0) is 42.8 Å². The van der Waals surface area contributed by atoms with E-state index in [0.29, 0.717) is 13.1 Å². The summed E-state index contributed by atoms with van der Waals surface area (Å²) in [5, 5.41) is 3.24. The van der Waals surface area contributed by atoms with Gasteiger partial charge in [0.15, 0.2) is 0 Å². The van der Waals surface area contributed by atoms with Crippen LogP contribution in [0.4, 0.5) is 5.69 Å². The van der Waals surface area contributed by atoms with Crippen LogP contribution in [0, 0.1) is 6.92 Å². The highest BCUT2D eigenvalue weighted by Gasteiger charge is 2.11. The molecule has 0 aliphatic carbocycles. The van der Waals surface area contributed by atoms with Gasteiger partial charge in [0.05, 0.1) is 4.90 Å². The average Bonchev–Trinajstić information content (AvgIpc) is 2.47. The molecule has 112 valence electrons. The molecular weight excluding hydrogens is 286 g/mol. The van der Waals surface area contributed by atoms with Gasteiger partial charge >= 0.3 is 0 Å². The maximum atomic E-state index is 11.8. The van der Waals surface area contributed by atoms with Crippen molar-refractivity contribution < 1.29 is 8.42 Å². The van der Waals surface area contributed by atoms with Crippen LogP contribution in [-0.4, -0.2) is 19.9 Å². The first kappa shape index (κ1) is 15.5. The number of hydrogen-bond donors (Lipinski definition) is 2. The van der Waals surface area contributed by atoms with Crippen LogP contribution < -0.4 is 10.0 Å². The van der Waals surface area contributed by atoms with Gasteiger partial charge in [-0.25, -0.2) is 13.1 Å². The standard InChI is InChI=1S/C15H19N3O2S/c1-3-18-21(19,20)15-8-6-14(7-9-15)17-11-13-5-4-12(2)16-10-13/h4-10,17-18H,3,11H2,1-2H3. The molecule has 0 aliphatic rings. The lowest BCUT2D eigenvalue weighted by Crippen LogP contribution is -2.23. The van der Waals surface area contributed by atoms with E-state index in [2.05, 4.69) is 15.0 Å². The molecule has 5 nitrogen and oxygen atoms in total. The van der Waals surface area contributed by atoms with Gasteiger partial charge in [0.1, 0.15) is 0 Å². The molecule has 2 rings (SSSR count). The summed E-state index contributed by atoms with van der Waals surface area (Å²) in [4.78, 5) is 4.50. The molecule has 1 heterocycles. The van der Waals surface area contributed by atoms with Crippen molar-refractivity contribution >= 4 is 15.7 Å². The molecule has 0 bridgehead atoms. The summed E-state index contributed by atoms with van der Waals surface area (Å²) in [7, 11) is -3.39. The second-order valence-corrected chi connectivity index (χ2v) is 6.45. The Hall–Kier alpha value is -1.92. The fourth-order valence-corrected chi connectivity index (χ4v) is 2.87. The molecule has 2 aromatic rings. The smallest absolute Gasteiger partial charge is 0.240 e. The van der Waals surface area contributed by atoms with E-state index in [0.717, 1.165) is 16.9 Å². The maximum absolute atomic E-state index is 11.8. The van der Waals surface area contributed by atoms with Crippen LogP contribution in [0.5, 0.6) is 0 Å². The summed E-state index contributed by atoms with van der Waals surface area (Å²) in [6, 6.07) is 10.7. The summed E-state index contributed by atoms with van der Waals surface area (Å²) in [6.07, 6.45) is 1.83. The van der Waals surface area contributed by atoms with E-state index in [1.807, 2.05) is 25.3 Å². The molecule has 0 radical (unpaired) electrons. The highest BCUT2D eigenvalue weighted by Crippen LogP contribution is 2.14. The van der Waals surface area contributed by atoms with Crippen LogP contribution in [-0.2, 0) is 16.6 Å². The van der Waals surface area contributed by atoms with Crippen molar-refractivity contribution in [1.29, 1.82) is 0 Å². The molecule has 0 fully saturated rings. The molecule has 0 atom stereocenters. The van der Waals surface area contributed by atoms with Gasteiger partial charge in [0, 0.05) is 30.7 Å². The first-order chi connectivity index (χ1) is 10.0. The number of nitrogens with zero attached hydrogens (tertiary/aromatic N) is 1. The van der Waals surface area contributed by atoms with Crippen LogP contribution in [0.15, 0.2) is 47.5 Å². The van der Waals surface area contributed by atoms with E-state index in [1.54, 1.807) is 31.2 Å². The number of anilines is 1. The number of nitrogens with one attached hydrogen (secondary N) is 2. The Balaban J connectivity index is 2.01. The monoisotopic (exact) mass is 305 g/mol. The largest absolute Gasteiger partial charge is 0.381 e. The van der Waals surface area contributed by atoms with Crippen LogP contribution in [0.3, 0.4) is 0 Å². The minimum Gasteiger partial charge on any atom is -0.381 e. The quantitative estimate of drug-likeness (QED) is 0.859. The third-order valence-electron chi connectivity index (χ3n) is 2.97. The Labute approximate surface area is 125 Å². The number of hydrogen-bond acceptors (Lipinski definition) is 4. The molecule has 21 heavy (non-hydrogen) atoms. The van der Waals surface area contributed by atoms with E-state index in [1.165, 1.54) is 0 Å². The molecule has 6 heteroatoms. The van der Waals surface area contributed by atoms with E-state index in [9.17, 15) is 8.42 Å². The van der Waals surface area contributed by atoms with Crippen molar-refractivity contribution in [3.05, 3.63) is 53.9 Å². The van der Waals surface area contributed by atoms with Crippen molar-refractivity contribution in [3.8, 4) is 0 Å². The first-order valence-electron chi connectivity index (χ1n) is 6.76. The fourth-order valence-electron chi connectivity index (χ4n) is 1.83. The lowest BCUT2D eigenvalue weighted by atomic mass is 10.2. The third-order valence-corrected chi connectivity index (χ3v) is 4.53. The van der Waals surface area contributed by atoms with Gasteiger partial charge in [-0.3, -0.25) is 4.98 Å². The normalized spacial score (nSPS) is 11.3. The van der Waals surface area contributed by atoms with Crippen LogP contribution in [0.25, 0.3) is 0 Å². The first-order valence-corrected chi connectivity index (χ1v) is 8.25. The summed E-state index contributed by atoms with van der Waals surface area (Å²) < 4.78 is 26.1. The number of rotatable bonds is 6. The molecule has 0 saturated heterocycles. The molecular formula is C15H19N3O2S. The van der Waals surface area contributed by atoms with Gasteiger partial charge in [-0.1, -0.05) is 13.0 Å². The minimum atomic E-state index is -3.39. The predicted molar refractivity (Wildman–Crippen MR) is 83.6 cm³/mol. The molecule has 0 spiro atoms. The van der Waals surface area contributed by atoms with Crippen molar-refractivity contribution in [2.24, 2.45) is 0 Å². The summed E-state index contributed by atoms with van der Waals surface area (Å²) in [6.45, 7) is 4.72. The molecule has 0 amide bonds. The Morgan fingerprint density at radius 1 is 1.10 bits per heavy atom. The number of sulfonamides is 1. The van der Waals surface area contributed by atoms with E-state index in [4.69, 9.17) is 0 Å². The highest BCUT2D eigenvalue weighted by atomic mass is 32.2. The SMILES string of the molecule is CCNS(=O)(=O)c1ccc(NCc2ccc(C)nc2)cc1. The van der Waals surface area contributed by atoms with Gasteiger partial charge in [-0.2, -0.15) is 0 Å². The lowest BCUT2D eigenvalue weighted by Gasteiger charge is -2.08. The Morgan fingerprint density at radius 2 is 1.81 bits per heavy atom. The number of benzene rings is 1. The second kappa shape index (κ2) is 6.69. The van der Waals surface area contributed by atoms with E-state index >= 15 is 0 Å². The molecule has 1 aromatic carbocycles. The van der Waals surface area contributed by atoms with Gasteiger partial charge in [0.2, 0.25) is 10.0 Å². The molecule has 1 aromatic heterocycles. The Kier molecular flexibility index (Phi) is 4.93. The second-order valence-electron chi connectivity index (χ2n) is 4.69. The van der Waals surface area contributed by atoms with Crippen LogP contribution in [0.2, 0.25) is 0 Å². The highest BCUT2D eigenvalue weighted by molar-refractivity contribution is 7.89. The van der Waals surface area contributed by atoms with Crippen molar-refractivity contribution in [2.75, 3.05) is 11.9 Å². The molecule has 0 unspecified atom stereocenters. The third kappa shape index (κ3) is 4.27. The summed E-state index contributed by atoms with van der Waals surface area (Å²) in [5.74, 6) is 0. The van der Waals surface area contributed by atoms with E-state index in [-0.39, 0.29) is 4.90 Å². The lowest BCUT2D eigenvalue weighted by molar-refractivity contribution is 0.584.